The summed E-state index contributed by atoms with van der Waals surface area (Å²) < 4.78 is 147. The van der Waals surface area contributed by atoms with E-state index >= 15 is 8.78 Å². The fourth-order valence-electron chi connectivity index (χ4n) is 13.0. The molecular weight excluding hydrogens is 1700 g/mol. The van der Waals surface area contributed by atoms with Crippen molar-refractivity contribution in [3.05, 3.63) is 316 Å². The number of nitrogens with zero attached hydrogens (tertiary/aromatic N) is 11. The van der Waals surface area contributed by atoms with Crippen LogP contribution in [-0.2, 0) is 20.0 Å². The molecule has 0 aliphatic heterocycles. The van der Waals surface area contributed by atoms with Crippen LogP contribution < -0.4 is 22.7 Å². The highest BCUT2D eigenvalue weighted by atomic mass is 79.9. The molecule has 0 saturated heterocycles. The molecule has 17 rings (SSSR count). The van der Waals surface area contributed by atoms with Crippen LogP contribution in [0.1, 0.15) is 16.7 Å². The number of benzene rings is 8. The molecule has 0 aliphatic rings. The zero-order valence-electron chi connectivity index (χ0n) is 61.1. The number of anilines is 3. The Kier molecular flexibility index (Phi) is 23.2. The summed E-state index contributed by atoms with van der Waals surface area (Å²) in [6.45, 7) is 5.81. The Labute approximate surface area is 685 Å². The number of rotatable bonds is 13. The molecule has 33 heteroatoms. The molecule has 8 aromatic carbocycles. The molecule has 584 valence electrons. The van der Waals surface area contributed by atoms with Crippen molar-refractivity contribution in [2.24, 2.45) is 0 Å². The number of pyridine rings is 3. The number of fused-ring (bicyclic) bond motifs is 3. The third-order valence-electron chi connectivity index (χ3n) is 18.7. The Hall–Kier alpha value is -12.8. The minimum absolute atomic E-state index is 0.0157. The Morgan fingerprint density at radius 2 is 0.744 bits per heavy atom. The minimum Gasteiger partial charge on any atom is -0.423 e. The minimum atomic E-state index is -4.25. The first-order valence-corrected chi connectivity index (χ1v) is 39.8. The molecule has 117 heavy (non-hydrogen) atoms. The number of nitrogen functional groups attached to an aromatic ring is 3. The monoisotopic (exact) mass is 1760 g/mol. The average molecular weight is 1760 g/mol. The van der Waals surface area contributed by atoms with Crippen molar-refractivity contribution in [3.8, 4) is 89.7 Å². The number of nitrogens with one attached hydrogen (secondary N) is 1. The van der Waals surface area contributed by atoms with E-state index in [1.807, 2.05) is 51.1 Å². The fraction of sp³-hybridized carbons (Fsp3) is 0.0357. The summed E-state index contributed by atoms with van der Waals surface area (Å²) in [5, 5.41) is 19.3. The van der Waals surface area contributed by atoms with E-state index in [4.69, 9.17) is 38.8 Å². The van der Waals surface area contributed by atoms with E-state index in [0.717, 1.165) is 104 Å². The van der Waals surface area contributed by atoms with E-state index in [1.165, 1.54) is 79.1 Å². The van der Waals surface area contributed by atoms with Gasteiger partial charge in [-0.15, -0.1) is 0 Å². The number of H-pyrrole nitrogens is 1. The van der Waals surface area contributed by atoms with Gasteiger partial charge in [0.05, 0.1) is 66.0 Å². The highest BCUT2D eigenvalue weighted by Crippen LogP contribution is 2.42. The maximum Gasteiger partial charge on any atom is 0.491 e. The Bertz CT molecular complexity index is 6870. The second kappa shape index (κ2) is 33.6. The van der Waals surface area contributed by atoms with Crippen molar-refractivity contribution >= 4 is 127 Å². The van der Waals surface area contributed by atoms with Gasteiger partial charge in [-0.25, -0.2) is 86.0 Å². The van der Waals surface area contributed by atoms with Crippen molar-refractivity contribution < 1.29 is 53.2 Å². The van der Waals surface area contributed by atoms with Gasteiger partial charge in [0, 0.05) is 120 Å². The van der Waals surface area contributed by atoms with Gasteiger partial charge in [0.2, 0.25) is 17.8 Å². The molecule has 0 atom stereocenters. The quantitative estimate of drug-likeness (QED) is 0.0355. The van der Waals surface area contributed by atoms with Gasteiger partial charge >= 0.3 is 7.12 Å². The first kappa shape index (κ1) is 80.8. The summed E-state index contributed by atoms with van der Waals surface area (Å²) in [5.41, 5.74) is 27.8. The molecule has 9 heterocycles. The standard InChI is InChI=1S/C30H20BrF2N5O2S.C26H16BrClF2N2O2S.C24H17F2N5.C4H6BN3O2/c1-17-11-26(20-14-36-30(34)37-15-20)35-16-23(17)18-5-10-27-19(12-18)13-28(29-24(32)3-2-4-25(29)33)38(27)41(39,40)22-8-6-21(31)7-9-22;1-15-11-25(28)31-14-20(15)16-5-10-23-17(12-16)13-24(26-21(29)3-2-4-22(26)30)32(23)35(33,34)19-8-6-18(27)7-9-19;1-13-7-21(16-10-29-24(27)30-11-16)28-12-17(13)14-5-6-20-15(8-14)9-22(31-20)23-18(25)3-2-4-19(23)26;6-4-7-1-3(2-8-4)5(9)10/h2-16H,1H3,(H2,34,36,37);2-14H,1H3;2-12,31H,1H3,(H2,27,29,30);1-2,9-10H,(H2,6,7,8). The zero-order valence-corrected chi connectivity index (χ0v) is 66.7. The molecule has 0 aliphatic carbocycles. The van der Waals surface area contributed by atoms with Crippen LogP contribution in [0, 0.1) is 55.7 Å². The molecule has 0 unspecified atom stereocenters. The van der Waals surface area contributed by atoms with Gasteiger partial charge in [-0.05, 0) is 212 Å². The number of aromatic nitrogens is 12. The highest BCUT2D eigenvalue weighted by Gasteiger charge is 2.30. The van der Waals surface area contributed by atoms with Crippen molar-refractivity contribution in [3.63, 3.8) is 0 Å². The van der Waals surface area contributed by atoms with Gasteiger partial charge in [0.25, 0.3) is 20.0 Å². The van der Waals surface area contributed by atoms with Gasteiger partial charge in [-0.1, -0.05) is 79.9 Å². The lowest BCUT2D eigenvalue weighted by Crippen LogP contribution is -2.30. The lowest BCUT2D eigenvalue weighted by atomic mass is 9.83. The van der Waals surface area contributed by atoms with Gasteiger partial charge in [0.1, 0.15) is 40.1 Å². The first-order chi connectivity index (χ1) is 56.0. The number of halogens is 9. The van der Waals surface area contributed by atoms with Crippen molar-refractivity contribution in [1.82, 2.24) is 57.8 Å². The van der Waals surface area contributed by atoms with Gasteiger partial charge in [0.15, 0.2) is 0 Å². The van der Waals surface area contributed by atoms with Crippen LogP contribution in [0.25, 0.3) is 122 Å². The molecule has 0 amide bonds. The Balaban J connectivity index is 0.000000137. The van der Waals surface area contributed by atoms with E-state index in [1.54, 1.807) is 116 Å². The van der Waals surface area contributed by atoms with E-state index < -0.39 is 73.2 Å². The number of aromatic amines is 1. The second-order valence-corrected chi connectivity index (χ2v) is 32.1. The van der Waals surface area contributed by atoms with Crippen LogP contribution in [0.5, 0.6) is 0 Å². The Morgan fingerprint density at radius 1 is 0.393 bits per heavy atom. The molecule has 9 N–H and O–H groups in total. The summed E-state index contributed by atoms with van der Waals surface area (Å²) in [5.74, 6) is -4.18. The SMILES string of the molecule is Cc1cc(-c2cnc(N)nc2)ncc1-c1ccc2[nH]c(-c3c(F)cccc3F)cc2c1.Cc1cc(-c2cnc(N)nc2)ncc1-c1ccc2c(c1)cc(-c1c(F)cccc1F)n2S(=O)(=O)c1ccc(Br)cc1.Cc1cc(Cl)ncc1-c1ccc2c(c1)cc(-c1c(F)cccc1F)n2S(=O)(=O)c1ccc(Br)cc1.Nc1ncc(B(O)O)cn1. The van der Waals surface area contributed by atoms with Gasteiger partial charge in [-0.3, -0.25) is 9.97 Å². The molecular formula is C84H59BBr2ClF6N15O6S2. The first-order valence-electron chi connectivity index (χ1n) is 34.9. The van der Waals surface area contributed by atoms with Crippen molar-refractivity contribution in [2.75, 3.05) is 17.2 Å². The van der Waals surface area contributed by atoms with E-state index in [-0.39, 0.29) is 61.1 Å². The Morgan fingerprint density at radius 3 is 1.12 bits per heavy atom. The van der Waals surface area contributed by atoms with E-state index in [2.05, 4.69) is 81.7 Å². The summed E-state index contributed by atoms with van der Waals surface area (Å²) in [4.78, 5) is 39.4. The van der Waals surface area contributed by atoms with Crippen LogP contribution in [0.15, 0.2) is 269 Å². The summed E-state index contributed by atoms with van der Waals surface area (Å²) >= 11 is 12.6. The fourth-order valence-corrected chi connectivity index (χ4v) is 16.7. The maximum absolute atomic E-state index is 15.0. The maximum atomic E-state index is 15.0. The third-order valence-corrected chi connectivity index (χ3v) is 23.4. The number of nitrogens with two attached hydrogens (primary N) is 3. The van der Waals surface area contributed by atoms with E-state index in [9.17, 15) is 34.4 Å². The molecule has 9 aromatic heterocycles. The van der Waals surface area contributed by atoms with E-state index in [0.29, 0.717) is 41.8 Å². The molecule has 21 nitrogen and oxygen atoms in total. The van der Waals surface area contributed by atoms with Crippen molar-refractivity contribution in [1.29, 1.82) is 0 Å². The molecule has 0 radical (unpaired) electrons. The highest BCUT2D eigenvalue weighted by molar-refractivity contribution is 9.10. The predicted molar refractivity (Wildman–Crippen MR) is 448 cm³/mol. The number of hydrogen-bond acceptors (Lipinski definition) is 18. The average Bonchev–Trinajstić information content (AvgIpc) is 1.60. The summed E-state index contributed by atoms with van der Waals surface area (Å²) in [7, 11) is -9.98. The largest absolute Gasteiger partial charge is 0.491 e. The zero-order chi connectivity index (χ0) is 82.9. The second-order valence-electron chi connectivity index (χ2n) is 26.3. The number of aryl methyl sites for hydroxylation is 3. The molecule has 0 fully saturated rings. The summed E-state index contributed by atoms with van der Waals surface area (Å²) in [6, 6.07) is 49.2. The van der Waals surface area contributed by atoms with Crippen LogP contribution >= 0.6 is 43.5 Å². The predicted octanol–water partition coefficient (Wildman–Crippen LogP) is 17.9. The lowest BCUT2D eigenvalue weighted by molar-refractivity contribution is 0.425. The van der Waals surface area contributed by atoms with Crippen molar-refractivity contribution in [2.45, 2.75) is 30.6 Å². The smallest absolute Gasteiger partial charge is 0.423 e. The summed E-state index contributed by atoms with van der Waals surface area (Å²) in [6.07, 6.45) is 14.1. The van der Waals surface area contributed by atoms with Gasteiger partial charge in [-0.2, -0.15) is 0 Å². The van der Waals surface area contributed by atoms with Crippen LogP contribution in [0.3, 0.4) is 0 Å². The van der Waals surface area contributed by atoms with Gasteiger partial charge < -0.3 is 32.2 Å². The molecule has 0 spiro atoms. The molecule has 0 bridgehead atoms. The third kappa shape index (κ3) is 17.0. The topological polar surface area (TPSA) is 328 Å². The lowest BCUT2D eigenvalue weighted by Gasteiger charge is -2.14. The number of hydrogen-bond donors (Lipinski definition) is 6. The molecule has 0 saturated carbocycles. The van der Waals surface area contributed by atoms with Crippen LogP contribution in [-0.4, -0.2) is 91.8 Å². The van der Waals surface area contributed by atoms with Crippen LogP contribution in [0.4, 0.5) is 44.2 Å². The van der Waals surface area contributed by atoms with Crippen LogP contribution in [0.2, 0.25) is 5.15 Å². The normalized spacial score (nSPS) is 11.4. The molecule has 17 aromatic rings.